The van der Waals surface area contributed by atoms with Crippen LogP contribution in [0.5, 0.6) is 0 Å². The maximum atomic E-state index is 11.0. The molecule has 1 aromatic rings. The summed E-state index contributed by atoms with van der Waals surface area (Å²) < 4.78 is 0. The van der Waals surface area contributed by atoms with Crippen molar-refractivity contribution < 1.29 is 4.79 Å². The Morgan fingerprint density at radius 2 is 1.72 bits per heavy atom. The second kappa shape index (κ2) is 5.53. The molecule has 3 heteroatoms. The summed E-state index contributed by atoms with van der Waals surface area (Å²) in [7, 11) is 0. The fourth-order valence-corrected chi connectivity index (χ4v) is 2.04. The molecule has 1 amide bonds. The molecule has 0 fully saturated rings. The minimum atomic E-state index is -0.274. The summed E-state index contributed by atoms with van der Waals surface area (Å²) in [6.07, 6.45) is 0.344. The van der Waals surface area contributed by atoms with E-state index in [9.17, 15) is 4.79 Å². The van der Waals surface area contributed by atoms with Gasteiger partial charge in [-0.3, -0.25) is 4.79 Å². The van der Waals surface area contributed by atoms with Crippen LogP contribution in [0.3, 0.4) is 0 Å². The van der Waals surface area contributed by atoms with Crippen LogP contribution in [0.25, 0.3) is 0 Å². The predicted molar refractivity (Wildman–Crippen MR) is 75.4 cm³/mol. The molecular weight excluding hydrogens is 224 g/mol. The van der Waals surface area contributed by atoms with Crippen molar-refractivity contribution in [2.75, 3.05) is 0 Å². The number of benzene rings is 1. The average molecular weight is 248 g/mol. The zero-order valence-electron chi connectivity index (χ0n) is 12.1. The van der Waals surface area contributed by atoms with Gasteiger partial charge in [0.2, 0.25) is 5.91 Å². The van der Waals surface area contributed by atoms with E-state index in [0.29, 0.717) is 6.42 Å². The Bertz CT molecular complexity index is 450. The molecule has 3 N–H and O–H groups in total. The number of amides is 1. The van der Waals surface area contributed by atoms with Crippen LogP contribution in [0.4, 0.5) is 0 Å². The van der Waals surface area contributed by atoms with Crippen LogP contribution in [0, 0.1) is 20.8 Å². The fourth-order valence-electron chi connectivity index (χ4n) is 2.04. The molecule has 0 aliphatic heterocycles. The molecule has 0 bridgehead atoms. The lowest BCUT2D eigenvalue weighted by atomic mass is 9.97. The van der Waals surface area contributed by atoms with Crippen molar-refractivity contribution in [3.8, 4) is 0 Å². The Balaban J connectivity index is 2.74. The van der Waals surface area contributed by atoms with Crippen molar-refractivity contribution in [1.29, 1.82) is 0 Å². The van der Waals surface area contributed by atoms with E-state index >= 15 is 0 Å². The van der Waals surface area contributed by atoms with Gasteiger partial charge in [-0.05, 0) is 56.9 Å². The first-order valence-electron chi connectivity index (χ1n) is 6.31. The van der Waals surface area contributed by atoms with Gasteiger partial charge in [-0.15, -0.1) is 0 Å². The summed E-state index contributed by atoms with van der Waals surface area (Å²) in [6.45, 7) is 11.1. The molecule has 100 valence electrons. The van der Waals surface area contributed by atoms with Crippen molar-refractivity contribution >= 4 is 5.91 Å². The summed E-state index contributed by atoms with van der Waals surface area (Å²) in [5, 5.41) is 3.39. The molecule has 0 unspecified atom stereocenters. The third-order valence-corrected chi connectivity index (χ3v) is 3.33. The van der Waals surface area contributed by atoms with E-state index in [1.165, 1.54) is 22.3 Å². The Morgan fingerprint density at radius 3 is 2.28 bits per heavy atom. The zero-order valence-corrected chi connectivity index (χ0v) is 12.1. The lowest BCUT2D eigenvalue weighted by Crippen LogP contribution is -2.42. The van der Waals surface area contributed by atoms with Gasteiger partial charge in [0.25, 0.3) is 0 Å². The van der Waals surface area contributed by atoms with Gasteiger partial charge in [0, 0.05) is 18.5 Å². The maximum absolute atomic E-state index is 11.0. The average Bonchev–Trinajstić information content (AvgIpc) is 2.19. The predicted octanol–water partition coefficient (Wildman–Crippen LogP) is 2.36. The van der Waals surface area contributed by atoms with Crippen LogP contribution in [-0.4, -0.2) is 11.4 Å². The van der Waals surface area contributed by atoms with E-state index in [1.807, 2.05) is 13.8 Å². The van der Waals surface area contributed by atoms with Gasteiger partial charge in [-0.25, -0.2) is 0 Å². The highest BCUT2D eigenvalue weighted by Gasteiger charge is 2.19. The van der Waals surface area contributed by atoms with E-state index in [1.54, 1.807) is 0 Å². The summed E-state index contributed by atoms with van der Waals surface area (Å²) in [4.78, 5) is 11.0. The van der Waals surface area contributed by atoms with Crippen molar-refractivity contribution in [1.82, 2.24) is 5.32 Å². The molecular formula is C15H24N2O. The number of nitrogens with one attached hydrogen (secondary N) is 1. The standard InChI is InChI=1S/C15H24N2O/c1-10-6-12(3)13(7-11(10)2)9-17-15(4,5)8-14(16)18/h6-7,17H,8-9H2,1-5H3,(H2,16,18). The van der Waals surface area contributed by atoms with Crippen molar-refractivity contribution in [2.45, 2.75) is 53.1 Å². The topological polar surface area (TPSA) is 55.1 Å². The van der Waals surface area contributed by atoms with Crippen molar-refractivity contribution in [3.05, 3.63) is 34.4 Å². The summed E-state index contributed by atoms with van der Waals surface area (Å²) >= 11 is 0. The SMILES string of the molecule is Cc1cc(C)c(CNC(C)(C)CC(N)=O)cc1C. The Hall–Kier alpha value is -1.35. The normalized spacial score (nSPS) is 11.6. The van der Waals surface area contributed by atoms with Crippen LogP contribution < -0.4 is 11.1 Å². The van der Waals surface area contributed by atoms with E-state index in [-0.39, 0.29) is 11.4 Å². The largest absolute Gasteiger partial charge is 0.370 e. The fraction of sp³-hybridized carbons (Fsp3) is 0.533. The van der Waals surface area contributed by atoms with Gasteiger partial charge in [0.05, 0.1) is 0 Å². The molecule has 1 aromatic carbocycles. The van der Waals surface area contributed by atoms with Crippen LogP contribution in [0.2, 0.25) is 0 Å². The van der Waals surface area contributed by atoms with Gasteiger partial charge in [-0.1, -0.05) is 12.1 Å². The van der Waals surface area contributed by atoms with Crippen LogP contribution in [-0.2, 0) is 11.3 Å². The minimum absolute atomic E-state index is 0.267. The number of rotatable bonds is 5. The van der Waals surface area contributed by atoms with Gasteiger partial charge in [0.15, 0.2) is 0 Å². The summed E-state index contributed by atoms with van der Waals surface area (Å²) in [5.74, 6) is -0.274. The zero-order chi connectivity index (χ0) is 13.9. The smallest absolute Gasteiger partial charge is 0.219 e. The first-order chi connectivity index (χ1) is 8.21. The third kappa shape index (κ3) is 4.15. The van der Waals surface area contributed by atoms with Gasteiger partial charge < -0.3 is 11.1 Å². The lowest BCUT2D eigenvalue weighted by Gasteiger charge is -2.25. The molecule has 0 saturated heterocycles. The number of carbonyl (C=O) groups is 1. The van der Waals surface area contributed by atoms with Crippen LogP contribution >= 0.6 is 0 Å². The molecule has 0 spiro atoms. The van der Waals surface area contributed by atoms with E-state index in [0.717, 1.165) is 6.54 Å². The first-order valence-corrected chi connectivity index (χ1v) is 6.31. The highest BCUT2D eigenvalue weighted by Crippen LogP contribution is 2.17. The Morgan fingerprint density at radius 1 is 1.17 bits per heavy atom. The van der Waals surface area contributed by atoms with Crippen LogP contribution in [0.15, 0.2) is 12.1 Å². The molecule has 0 atom stereocenters. The van der Waals surface area contributed by atoms with Crippen molar-refractivity contribution in [3.63, 3.8) is 0 Å². The molecule has 0 aliphatic carbocycles. The highest BCUT2D eigenvalue weighted by molar-refractivity contribution is 5.75. The number of aryl methyl sites for hydroxylation is 3. The van der Waals surface area contributed by atoms with E-state index < -0.39 is 0 Å². The number of hydrogen-bond donors (Lipinski definition) is 2. The molecule has 0 aliphatic rings. The molecule has 0 aromatic heterocycles. The Kier molecular flexibility index (Phi) is 4.52. The number of hydrogen-bond acceptors (Lipinski definition) is 2. The third-order valence-electron chi connectivity index (χ3n) is 3.33. The molecule has 1 rings (SSSR count). The van der Waals surface area contributed by atoms with Gasteiger partial charge >= 0.3 is 0 Å². The monoisotopic (exact) mass is 248 g/mol. The van der Waals surface area contributed by atoms with Gasteiger partial charge in [0.1, 0.15) is 0 Å². The number of primary amides is 1. The van der Waals surface area contributed by atoms with Crippen molar-refractivity contribution in [2.24, 2.45) is 5.73 Å². The van der Waals surface area contributed by atoms with Gasteiger partial charge in [-0.2, -0.15) is 0 Å². The molecule has 0 radical (unpaired) electrons. The minimum Gasteiger partial charge on any atom is -0.370 e. The summed E-state index contributed by atoms with van der Waals surface area (Å²) in [6, 6.07) is 4.41. The number of carbonyl (C=O) groups excluding carboxylic acids is 1. The highest BCUT2D eigenvalue weighted by atomic mass is 16.1. The molecule has 3 nitrogen and oxygen atoms in total. The number of nitrogens with two attached hydrogens (primary N) is 1. The van der Waals surface area contributed by atoms with Crippen LogP contribution in [0.1, 0.15) is 42.5 Å². The second-order valence-electron chi connectivity index (χ2n) is 5.74. The lowest BCUT2D eigenvalue weighted by molar-refractivity contribution is -0.119. The van der Waals surface area contributed by atoms with E-state index in [2.05, 4.69) is 38.2 Å². The molecule has 18 heavy (non-hydrogen) atoms. The maximum Gasteiger partial charge on any atom is 0.219 e. The first kappa shape index (κ1) is 14.7. The second-order valence-corrected chi connectivity index (χ2v) is 5.74. The van der Waals surface area contributed by atoms with E-state index in [4.69, 9.17) is 5.73 Å². The summed E-state index contributed by atoms with van der Waals surface area (Å²) in [5.41, 5.74) is 10.1. The molecule has 0 saturated carbocycles. The Labute approximate surface area is 110 Å². The molecule has 0 heterocycles. The quantitative estimate of drug-likeness (QED) is 0.840.